The van der Waals surface area contributed by atoms with E-state index in [0.29, 0.717) is 11.9 Å². The fraction of sp³-hybridized carbons (Fsp3) is 1.00. The maximum atomic E-state index is 12.0. The molecule has 1 nitrogen and oxygen atoms in total. The van der Waals surface area contributed by atoms with Gasteiger partial charge in [-0.15, -0.1) is 0 Å². The third kappa shape index (κ3) is 10.4. The van der Waals surface area contributed by atoms with Crippen molar-refractivity contribution in [1.82, 2.24) is 4.90 Å². The highest BCUT2D eigenvalue weighted by molar-refractivity contribution is 9.09. The van der Waals surface area contributed by atoms with Gasteiger partial charge in [-0.1, -0.05) is 15.9 Å². The van der Waals surface area contributed by atoms with Gasteiger partial charge in [0.2, 0.25) is 0 Å². The smallest absolute Gasteiger partial charge is 0.297 e. The molecule has 0 unspecified atom stereocenters. The Morgan fingerprint density at radius 2 is 1.73 bits per heavy atom. The fourth-order valence-corrected chi connectivity index (χ4v) is 1.61. The van der Waals surface area contributed by atoms with Gasteiger partial charge in [-0.25, -0.2) is 8.78 Å². The Bertz CT molecular complexity index is 162. The molecule has 0 bridgehead atoms. The van der Waals surface area contributed by atoms with Gasteiger partial charge in [-0.3, -0.25) is 4.90 Å². The Morgan fingerprint density at radius 3 is 2.13 bits per heavy atom. The Morgan fingerprint density at radius 1 is 1.13 bits per heavy atom. The highest BCUT2D eigenvalue weighted by Crippen LogP contribution is 2.21. The third-order valence-electron chi connectivity index (χ3n) is 1.73. The summed E-state index contributed by atoms with van der Waals surface area (Å²) in [6, 6.07) is 0. The number of rotatable bonds is 7. The predicted octanol–water partition coefficient (Wildman–Crippen LogP) is 3.29. The molecule has 0 saturated heterocycles. The van der Waals surface area contributed by atoms with Crippen LogP contribution in [-0.4, -0.2) is 42.5 Å². The van der Waals surface area contributed by atoms with Crippen LogP contribution in [0, 0.1) is 0 Å². The Hall–Kier alpha value is 0.0900. The summed E-state index contributed by atoms with van der Waals surface area (Å²) >= 11 is 3.06. The lowest BCUT2D eigenvalue weighted by Gasteiger charge is -2.20. The second-order valence-electron chi connectivity index (χ2n) is 3.10. The summed E-state index contributed by atoms with van der Waals surface area (Å²) in [5.41, 5.74) is 0. The average molecular weight is 298 g/mol. The maximum absolute atomic E-state index is 12.0. The second kappa shape index (κ2) is 7.38. The molecule has 0 aliphatic rings. The van der Waals surface area contributed by atoms with Gasteiger partial charge in [0.15, 0.2) is 0 Å². The zero-order chi connectivity index (χ0) is 11.9. The summed E-state index contributed by atoms with van der Waals surface area (Å²) in [7, 11) is 0. The van der Waals surface area contributed by atoms with E-state index in [1.165, 1.54) is 4.90 Å². The first kappa shape index (κ1) is 15.1. The zero-order valence-corrected chi connectivity index (χ0v) is 9.62. The van der Waals surface area contributed by atoms with Crippen molar-refractivity contribution in [3.05, 3.63) is 0 Å². The van der Waals surface area contributed by atoms with Crippen molar-refractivity contribution in [2.45, 2.75) is 25.4 Å². The van der Waals surface area contributed by atoms with E-state index in [2.05, 4.69) is 15.9 Å². The van der Waals surface area contributed by atoms with Crippen LogP contribution in [0.3, 0.4) is 0 Å². The van der Waals surface area contributed by atoms with Crippen LogP contribution in [0.15, 0.2) is 0 Å². The van der Waals surface area contributed by atoms with Crippen molar-refractivity contribution in [3.63, 3.8) is 0 Å². The molecule has 92 valence electrons. The summed E-state index contributed by atoms with van der Waals surface area (Å²) in [4.78, 5) is 1.32. The first-order valence-corrected chi connectivity index (χ1v) is 5.60. The molecule has 0 amide bonds. The molecule has 0 aliphatic carbocycles. The van der Waals surface area contributed by atoms with Gasteiger partial charge in [-0.05, 0) is 13.0 Å². The van der Waals surface area contributed by atoms with Crippen LogP contribution >= 0.6 is 15.9 Å². The van der Waals surface area contributed by atoms with E-state index >= 15 is 0 Å². The summed E-state index contributed by atoms with van der Waals surface area (Å²) < 4.78 is 59.3. The van der Waals surface area contributed by atoms with E-state index in [-0.39, 0.29) is 13.0 Å². The van der Waals surface area contributed by atoms with Crippen LogP contribution < -0.4 is 0 Å². The lowest BCUT2D eigenvalue weighted by atomic mass is 10.3. The van der Waals surface area contributed by atoms with Crippen LogP contribution in [-0.2, 0) is 0 Å². The van der Waals surface area contributed by atoms with Crippen molar-refractivity contribution in [3.8, 4) is 0 Å². The SMILES string of the molecule is FC(F)CN(CCBr)CCCC(F)(F)F. The van der Waals surface area contributed by atoms with Crippen molar-refractivity contribution >= 4 is 15.9 Å². The Labute approximate surface area is 93.7 Å². The van der Waals surface area contributed by atoms with Gasteiger partial charge >= 0.3 is 6.18 Å². The first-order chi connectivity index (χ1) is 6.85. The lowest BCUT2D eigenvalue weighted by Crippen LogP contribution is -2.32. The van der Waals surface area contributed by atoms with Crippen molar-refractivity contribution in [1.29, 1.82) is 0 Å². The van der Waals surface area contributed by atoms with Crippen molar-refractivity contribution < 1.29 is 22.0 Å². The molecule has 0 heterocycles. The van der Waals surface area contributed by atoms with Crippen LogP contribution in [0.25, 0.3) is 0 Å². The molecule has 15 heavy (non-hydrogen) atoms. The molecule has 0 fully saturated rings. The molecule has 0 aliphatic heterocycles. The Balaban J connectivity index is 3.75. The van der Waals surface area contributed by atoms with Gasteiger partial charge in [0.25, 0.3) is 6.43 Å². The summed E-state index contributed by atoms with van der Waals surface area (Å²) in [5.74, 6) is 0. The second-order valence-corrected chi connectivity index (χ2v) is 3.89. The molecule has 0 spiro atoms. The van der Waals surface area contributed by atoms with Crippen LogP contribution in [0.4, 0.5) is 22.0 Å². The largest absolute Gasteiger partial charge is 0.389 e. The predicted molar refractivity (Wildman–Crippen MR) is 51.5 cm³/mol. The topological polar surface area (TPSA) is 3.24 Å². The Kier molecular flexibility index (Phi) is 7.42. The van der Waals surface area contributed by atoms with Gasteiger partial charge < -0.3 is 0 Å². The number of halogens is 6. The number of nitrogens with zero attached hydrogens (tertiary/aromatic N) is 1. The van der Waals surface area contributed by atoms with E-state index in [9.17, 15) is 22.0 Å². The van der Waals surface area contributed by atoms with Gasteiger partial charge in [0, 0.05) is 18.3 Å². The molecule has 0 N–H and O–H groups in total. The zero-order valence-electron chi connectivity index (χ0n) is 8.03. The van der Waals surface area contributed by atoms with E-state index in [0.717, 1.165) is 0 Å². The van der Waals surface area contributed by atoms with E-state index in [4.69, 9.17) is 0 Å². The van der Waals surface area contributed by atoms with E-state index in [1.807, 2.05) is 0 Å². The van der Waals surface area contributed by atoms with Crippen LogP contribution in [0.5, 0.6) is 0 Å². The van der Waals surface area contributed by atoms with Crippen LogP contribution in [0.2, 0.25) is 0 Å². The monoisotopic (exact) mass is 297 g/mol. The van der Waals surface area contributed by atoms with Gasteiger partial charge in [-0.2, -0.15) is 13.2 Å². The molecular formula is C8H13BrF5N. The third-order valence-corrected chi connectivity index (χ3v) is 2.09. The average Bonchev–Trinajstić information content (AvgIpc) is 2.00. The van der Waals surface area contributed by atoms with E-state index < -0.39 is 25.6 Å². The standard InChI is InChI=1S/C8H13BrF5N/c9-3-5-15(6-7(10)11)4-1-2-8(12,13)14/h7H,1-6H2. The summed E-state index contributed by atoms with van der Waals surface area (Å²) in [6.45, 7) is -0.0822. The molecule has 0 aromatic carbocycles. The summed E-state index contributed by atoms with van der Waals surface area (Å²) in [5, 5.41) is 0.478. The quantitative estimate of drug-likeness (QED) is 0.515. The van der Waals surface area contributed by atoms with E-state index in [1.54, 1.807) is 0 Å². The summed E-state index contributed by atoms with van der Waals surface area (Å²) in [6.07, 6.45) is -7.77. The molecule has 0 aromatic heterocycles. The molecule has 0 atom stereocenters. The number of hydrogen-bond acceptors (Lipinski definition) is 1. The lowest BCUT2D eigenvalue weighted by molar-refractivity contribution is -0.136. The molecular weight excluding hydrogens is 285 g/mol. The molecule has 0 aromatic rings. The molecule has 7 heteroatoms. The van der Waals surface area contributed by atoms with Crippen LogP contribution in [0.1, 0.15) is 12.8 Å². The molecule has 0 radical (unpaired) electrons. The maximum Gasteiger partial charge on any atom is 0.389 e. The highest BCUT2D eigenvalue weighted by Gasteiger charge is 2.26. The fourth-order valence-electron chi connectivity index (χ4n) is 1.11. The van der Waals surface area contributed by atoms with Gasteiger partial charge in [0.05, 0.1) is 6.54 Å². The van der Waals surface area contributed by atoms with Crippen molar-refractivity contribution in [2.24, 2.45) is 0 Å². The normalized spacial score (nSPS) is 12.8. The number of hydrogen-bond donors (Lipinski definition) is 0. The molecule has 0 saturated carbocycles. The van der Waals surface area contributed by atoms with Crippen molar-refractivity contribution in [2.75, 3.05) is 25.0 Å². The minimum absolute atomic E-state index is 0.0510. The minimum Gasteiger partial charge on any atom is -0.297 e. The molecule has 0 rings (SSSR count). The first-order valence-electron chi connectivity index (χ1n) is 4.48. The minimum atomic E-state index is -4.20. The highest BCUT2D eigenvalue weighted by atomic mass is 79.9. The van der Waals surface area contributed by atoms with Gasteiger partial charge in [0.1, 0.15) is 0 Å². The number of alkyl halides is 6.